The van der Waals surface area contributed by atoms with Crippen molar-refractivity contribution in [1.82, 2.24) is 0 Å². The Morgan fingerprint density at radius 3 is 2.72 bits per heavy atom. The van der Waals surface area contributed by atoms with Crippen molar-refractivity contribution in [3.63, 3.8) is 0 Å². The highest BCUT2D eigenvalue weighted by molar-refractivity contribution is 6.04. The summed E-state index contributed by atoms with van der Waals surface area (Å²) < 4.78 is 18.6. The molecule has 3 heteroatoms. The van der Waals surface area contributed by atoms with Crippen LogP contribution in [0.2, 0.25) is 0 Å². The fraction of sp³-hybridized carbons (Fsp3) is 0.400. The highest BCUT2D eigenvalue weighted by atomic mass is 19.1. The van der Waals surface area contributed by atoms with Gasteiger partial charge in [0.1, 0.15) is 11.6 Å². The van der Waals surface area contributed by atoms with Gasteiger partial charge in [0.2, 0.25) is 0 Å². The van der Waals surface area contributed by atoms with Gasteiger partial charge in [-0.25, -0.2) is 4.39 Å². The summed E-state index contributed by atoms with van der Waals surface area (Å²) in [5.74, 6) is 0.0940. The van der Waals surface area contributed by atoms with Gasteiger partial charge < -0.3 is 4.74 Å². The molecule has 0 amide bonds. The minimum atomic E-state index is -0.532. The van der Waals surface area contributed by atoms with Crippen LogP contribution >= 0.6 is 0 Å². The molecule has 1 saturated carbocycles. The first-order chi connectivity index (χ1) is 8.70. The Kier molecular flexibility index (Phi) is 4.13. The Bertz CT molecular complexity index is 460. The third-order valence-corrected chi connectivity index (χ3v) is 3.36. The number of halogens is 1. The first-order valence-electron chi connectivity index (χ1n) is 6.27. The summed E-state index contributed by atoms with van der Waals surface area (Å²) in [6.45, 7) is 0. The van der Waals surface area contributed by atoms with E-state index < -0.39 is 5.82 Å². The molecular formula is C15H17FO2. The van der Waals surface area contributed by atoms with E-state index in [-0.39, 0.29) is 11.3 Å². The number of hydrogen-bond donors (Lipinski definition) is 0. The quantitative estimate of drug-likeness (QED) is 0.599. The molecule has 96 valence electrons. The lowest BCUT2D eigenvalue weighted by Crippen LogP contribution is -2.00. The van der Waals surface area contributed by atoms with E-state index in [1.165, 1.54) is 38.2 Å². The van der Waals surface area contributed by atoms with Gasteiger partial charge in [0.25, 0.3) is 0 Å². The molecule has 0 atom stereocenters. The van der Waals surface area contributed by atoms with Crippen molar-refractivity contribution < 1.29 is 13.9 Å². The molecule has 1 aromatic rings. The second-order valence-electron chi connectivity index (χ2n) is 4.61. The Balaban J connectivity index is 2.08. The van der Waals surface area contributed by atoms with E-state index in [0.717, 1.165) is 12.8 Å². The van der Waals surface area contributed by atoms with Crippen molar-refractivity contribution in [2.75, 3.05) is 7.11 Å². The van der Waals surface area contributed by atoms with E-state index in [2.05, 4.69) is 0 Å². The number of methoxy groups -OCH3 is 1. The minimum absolute atomic E-state index is 0.102. The molecule has 0 saturated heterocycles. The number of carbonyl (C=O) groups excluding carboxylic acids is 1. The number of ether oxygens (including phenoxy) is 1. The molecule has 1 fully saturated rings. The number of rotatable bonds is 4. The summed E-state index contributed by atoms with van der Waals surface area (Å²) in [7, 11) is 1.47. The van der Waals surface area contributed by atoms with Crippen molar-refractivity contribution in [2.24, 2.45) is 5.92 Å². The summed E-state index contributed by atoms with van der Waals surface area (Å²) in [4.78, 5) is 11.9. The molecule has 0 unspecified atom stereocenters. The van der Waals surface area contributed by atoms with Gasteiger partial charge in [-0.2, -0.15) is 0 Å². The van der Waals surface area contributed by atoms with Crippen LogP contribution in [0.1, 0.15) is 36.0 Å². The van der Waals surface area contributed by atoms with Crippen LogP contribution in [0, 0.1) is 11.7 Å². The van der Waals surface area contributed by atoms with Gasteiger partial charge in [-0.1, -0.05) is 18.9 Å². The lowest BCUT2D eigenvalue weighted by Gasteiger charge is -2.03. The summed E-state index contributed by atoms with van der Waals surface area (Å²) in [6, 6.07) is 4.30. The lowest BCUT2D eigenvalue weighted by molar-refractivity contribution is 0.104. The zero-order chi connectivity index (χ0) is 13.0. The molecule has 0 radical (unpaired) electrons. The molecule has 1 aromatic carbocycles. The maximum absolute atomic E-state index is 13.7. The van der Waals surface area contributed by atoms with Gasteiger partial charge in [0.15, 0.2) is 5.78 Å². The monoisotopic (exact) mass is 248 g/mol. The molecule has 2 rings (SSSR count). The predicted molar refractivity (Wildman–Crippen MR) is 68.4 cm³/mol. The fourth-order valence-electron chi connectivity index (χ4n) is 2.29. The molecule has 2 nitrogen and oxygen atoms in total. The maximum Gasteiger partial charge on any atom is 0.188 e. The fourth-order valence-corrected chi connectivity index (χ4v) is 2.29. The van der Waals surface area contributed by atoms with E-state index in [4.69, 9.17) is 4.74 Å². The van der Waals surface area contributed by atoms with E-state index in [1.54, 1.807) is 6.07 Å². The second kappa shape index (κ2) is 5.80. The number of hydrogen-bond acceptors (Lipinski definition) is 2. The summed E-state index contributed by atoms with van der Waals surface area (Å²) >= 11 is 0. The van der Waals surface area contributed by atoms with Crippen molar-refractivity contribution in [3.05, 3.63) is 41.7 Å². The standard InChI is InChI=1S/C15H17FO2/c1-18-12-7-8-13(14(16)10-12)15(17)9-6-11-4-2-3-5-11/h6-11H,2-5H2,1H3. The average Bonchev–Trinajstić information content (AvgIpc) is 2.88. The Labute approximate surface area is 106 Å². The van der Waals surface area contributed by atoms with Gasteiger partial charge in [0.05, 0.1) is 12.7 Å². The Morgan fingerprint density at radius 1 is 1.39 bits per heavy atom. The topological polar surface area (TPSA) is 26.3 Å². The largest absolute Gasteiger partial charge is 0.497 e. The zero-order valence-corrected chi connectivity index (χ0v) is 10.5. The van der Waals surface area contributed by atoms with Crippen LogP contribution in [-0.2, 0) is 0 Å². The highest BCUT2D eigenvalue weighted by Crippen LogP contribution is 2.26. The van der Waals surface area contributed by atoms with Gasteiger partial charge >= 0.3 is 0 Å². The molecule has 0 heterocycles. The number of benzene rings is 1. The van der Waals surface area contributed by atoms with Gasteiger partial charge in [-0.15, -0.1) is 0 Å². The van der Waals surface area contributed by atoms with E-state index in [9.17, 15) is 9.18 Å². The molecular weight excluding hydrogens is 231 g/mol. The molecule has 0 bridgehead atoms. The number of allylic oxidation sites excluding steroid dienone is 2. The van der Waals surface area contributed by atoms with Gasteiger partial charge in [-0.05, 0) is 37.0 Å². The normalized spacial score (nSPS) is 16.3. The van der Waals surface area contributed by atoms with Crippen molar-refractivity contribution in [2.45, 2.75) is 25.7 Å². The van der Waals surface area contributed by atoms with Gasteiger partial charge in [0, 0.05) is 6.07 Å². The molecule has 18 heavy (non-hydrogen) atoms. The van der Waals surface area contributed by atoms with Crippen molar-refractivity contribution in [1.29, 1.82) is 0 Å². The van der Waals surface area contributed by atoms with Crippen LogP contribution in [0.25, 0.3) is 0 Å². The van der Waals surface area contributed by atoms with E-state index in [0.29, 0.717) is 11.7 Å². The maximum atomic E-state index is 13.7. The molecule has 1 aliphatic rings. The Hall–Kier alpha value is -1.64. The molecule has 0 N–H and O–H groups in total. The minimum Gasteiger partial charge on any atom is -0.497 e. The van der Waals surface area contributed by atoms with Crippen LogP contribution in [0.4, 0.5) is 4.39 Å². The number of carbonyl (C=O) groups is 1. The van der Waals surface area contributed by atoms with Gasteiger partial charge in [-0.3, -0.25) is 4.79 Å². The lowest BCUT2D eigenvalue weighted by atomic mass is 10.0. The molecule has 1 aliphatic carbocycles. The number of ketones is 1. The third kappa shape index (κ3) is 2.97. The first kappa shape index (κ1) is 12.8. The van der Waals surface area contributed by atoms with Crippen LogP contribution < -0.4 is 4.74 Å². The zero-order valence-electron chi connectivity index (χ0n) is 10.5. The van der Waals surface area contributed by atoms with Crippen LogP contribution in [0.15, 0.2) is 30.4 Å². The van der Waals surface area contributed by atoms with E-state index in [1.807, 2.05) is 6.08 Å². The van der Waals surface area contributed by atoms with Crippen LogP contribution in [0.5, 0.6) is 5.75 Å². The van der Waals surface area contributed by atoms with Crippen molar-refractivity contribution in [3.8, 4) is 5.75 Å². The summed E-state index contributed by atoms with van der Waals surface area (Å²) in [5, 5.41) is 0. The van der Waals surface area contributed by atoms with E-state index >= 15 is 0 Å². The second-order valence-corrected chi connectivity index (χ2v) is 4.61. The van der Waals surface area contributed by atoms with Crippen LogP contribution in [-0.4, -0.2) is 12.9 Å². The summed E-state index contributed by atoms with van der Waals surface area (Å²) in [6.07, 6.45) is 8.13. The summed E-state index contributed by atoms with van der Waals surface area (Å²) in [5.41, 5.74) is 0.102. The smallest absolute Gasteiger partial charge is 0.188 e. The highest BCUT2D eigenvalue weighted by Gasteiger charge is 2.14. The average molecular weight is 248 g/mol. The van der Waals surface area contributed by atoms with Crippen molar-refractivity contribution >= 4 is 5.78 Å². The molecule has 0 aromatic heterocycles. The molecule has 0 aliphatic heterocycles. The van der Waals surface area contributed by atoms with Crippen LogP contribution in [0.3, 0.4) is 0 Å². The predicted octanol–water partition coefficient (Wildman–Crippen LogP) is 3.76. The Morgan fingerprint density at radius 2 is 2.11 bits per heavy atom. The third-order valence-electron chi connectivity index (χ3n) is 3.36. The molecule has 0 spiro atoms. The SMILES string of the molecule is COc1ccc(C(=O)C=CC2CCCC2)c(F)c1. The first-order valence-corrected chi connectivity index (χ1v) is 6.27.